The van der Waals surface area contributed by atoms with E-state index in [-0.39, 0.29) is 0 Å². The average molecular weight is 292 g/mol. The first-order valence-corrected chi connectivity index (χ1v) is 7.79. The Morgan fingerprint density at radius 1 is 1.05 bits per heavy atom. The maximum atomic E-state index is 6.14. The highest BCUT2D eigenvalue weighted by Gasteiger charge is 2.15. The van der Waals surface area contributed by atoms with Crippen LogP contribution in [0.1, 0.15) is 0 Å². The SMILES string of the molecule is Clc1cc(-c2ccccc2)nc(N2CCSCC2)n1. The zero-order chi connectivity index (χ0) is 13.1. The molecule has 3 nitrogen and oxygen atoms in total. The summed E-state index contributed by atoms with van der Waals surface area (Å²) in [5.41, 5.74) is 1.95. The Bertz CT molecular complexity index is 556. The fourth-order valence-corrected chi connectivity index (χ4v) is 3.15. The molecular weight excluding hydrogens is 278 g/mol. The summed E-state index contributed by atoms with van der Waals surface area (Å²) in [4.78, 5) is 11.2. The highest BCUT2D eigenvalue weighted by atomic mass is 35.5. The van der Waals surface area contributed by atoms with E-state index >= 15 is 0 Å². The maximum absolute atomic E-state index is 6.14. The molecule has 0 bridgehead atoms. The van der Waals surface area contributed by atoms with Crippen LogP contribution >= 0.6 is 23.4 Å². The van der Waals surface area contributed by atoms with E-state index in [0.717, 1.165) is 41.8 Å². The molecule has 19 heavy (non-hydrogen) atoms. The Morgan fingerprint density at radius 2 is 1.79 bits per heavy atom. The van der Waals surface area contributed by atoms with Crippen molar-refractivity contribution >= 4 is 29.3 Å². The quantitative estimate of drug-likeness (QED) is 0.794. The molecule has 1 aliphatic heterocycles. The third-order valence-electron chi connectivity index (χ3n) is 3.05. The number of benzene rings is 1. The zero-order valence-corrected chi connectivity index (χ0v) is 12.0. The smallest absolute Gasteiger partial charge is 0.227 e. The van der Waals surface area contributed by atoms with Gasteiger partial charge in [0.25, 0.3) is 0 Å². The van der Waals surface area contributed by atoms with E-state index in [0.29, 0.717) is 5.15 Å². The number of hydrogen-bond acceptors (Lipinski definition) is 4. The molecule has 2 aromatic rings. The van der Waals surface area contributed by atoms with Gasteiger partial charge in [-0.25, -0.2) is 9.97 Å². The molecule has 0 unspecified atom stereocenters. The van der Waals surface area contributed by atoms with Crippen LogP contribution < -0.4 is 4.90 Å². The van der Waals surface area contributed by atoms with Crippen molar-refractivity contribution in [3.8, 4) is 11.3 Å². The summed E-state index contributed by atoms with van der Waals surface area (Å²) < 4.78 is 0. The van der Waals surface area contributed by atoms with Crippen LogP contribution in [0.4, 0.5) is 5.95 Å². The Morgan fingerprint density at radius 3 is 2.53 bits per heavy atom. The number of hydrogen-bond donors (Lipinski definition) is 0. The maximum Gasteiger partial charge on any atom is 0.227 e. The van der Waals surface area contributed by atoms with Gasteiger partial charge in [-0.15, -0.1) is 0 Å². The van der Waals surface area contributed by atoms with E-state index in [9.17, 15) is 0 Å². The molecule has 1 aliphatic rings. The standard InChI is InChI=1S/C14H14ClN3S/c15-13-10-12(11-4-2-1-3-5-11)16-14(17-13)18-6-8-19-9-7-18/h1-5,10H,6-9H2. The van der Waals surface area contributed by atoms with Crippen molar-refractivity contribution in [3.63, 3.8) is 0 Å². The van der Waals surface area contributed by atoms with E-state index in [1.54, 1.807) is 0 Å². The van der Waals surface area contributed by atoms with Gasteiger partial charge in [-0.2, -0.15) is 11.8 Å². The topological polar surface area (TPSA) is 29.0 Å². The lowest BCUT2D eigenvalue weighted by molar-refractivity contribution is 0.816. The third kappa shape index (κ3) is 3.01. The number of nitrogens with zero attached hydrogens (tertiary/aromatic N) is 3. The Balaban J connectivity index is 1.96. The fraction of sp³-hybridized carbons (Fsp3) is 0.286. The number of anilines is 1. The highest BCUT2D eigenvalue weighted by molar-refractivity contribution is 7.99. The minimum absolute atomic E-state index is 0.502. The second-order valence-electron chi connectivity index (χ2n) is 4.34. The van der Waals surface area contributed by atoms with Crippen LogP contribution in [-0.2, 0) is 0 Å². The van der Waals surface area contributed by atoms with Gasteiger partial charge in [0, 0.05) is 36.2 Å². The number of halogens is 1. The van der Waals surface area contributed by atoms with E-state index in [4.69, 9.17) is 11.6 Å². The van der Waals surface area contributed by atoms with Gasteiger partial charge < -0.3 is 4.90 Å². The van der Waals surface area contributed by atoms with Gasteiger partial charge in [-0.05, 0) is 0 Å². The molecule has 1 saturated heterocycles. The van der Waals surface area contributed by atoms with Crippen LogP contribution in [0.5, 0.6) is 0 Å². The normalized spacial score (nSPS) is 15.5. The largest absolute Gasteiger partial charge is 0.339 e. The molecule has 5 heteroatoms. The summed E-state index contributed by atoms with van der Waals surface area (Å²) in [6.07, 6.45) is 0. The van der Waals surface area contributed by atoms with Gasteiger partial charge in [-0.1, -0.05) is 41.9 Å². The van der Waals surface area contributed by atoms with Crippen molar-refractivity contribution in [1.82, 2.24) is 9.97 Å². The predicted molar refractivity (Wildman–Crippen MR) is 82.0 cm³/mol. The van der Waals surface area contributed by atoms with Gasteiger partial charge in [0.1, 0.15) is 5.15 Å². The number of rotatable bonds is 2. The van der Waals surface area contributed by atoms with Gasteiger partial charge in [0.2, 0.25) is 5.95 Å². The molecule has 0 radical (unpaired) electrons. The molecule has 2 heterocycles. The first-order chi connectivity index (χ1) is 9.33. The van der Waals surface area contributed by atoms with Gasteiger partial charge in [-0.3, -0.25) is 0 Å². The number of aromatic nitrogens is 2. The lowest BCUT2D eigenvalue weighted by Crippen LogP contribution is -2.33. The van der Waals surface area contributed by atoms with E-state index in [1.165, 1.54) is 0 Å². The zero-order valence-electron chi connectivity index (χ0n) is 10.4. The van der Waals surface area contributed by atoms with Gasteiger partial charge in [0.15, 0.2) is 0 Å². The van der Waals surface area contributed by atoms with Crippen LogP contribution in [0, 0.1) is 0 Å². The second kappa shape index (κ2) is 5.80. The lowest BCUT2D eigenvalue weighted by Gasteiger charge is -2.26. The summed E-state index contributed by atoms with van der Waals surface area (Å²) in [5.74, 6) is 2.99. The Labute approximate surface area is 122 Å². The molecule has 0 aliphatic carbocycles. The summed E-state index contributed by atoms with van der Waals surface area (Å²) >= 11 is 8.10. The third-order valence-corrected chi connectivity index (χ3v) is 4.18. The summed E-state index contributed by atoms with van der Waals surface area (Å²) in [5, 5.41) is 0.502. The van der Waals surface area contributed by atoms with Crippen molar-refractivity contribution in [2.75, 3.05) is 29.5 Å². The van der Waals surface area contributed by atoms with Gasteiger partial charge in [0.05, 0.1) is 5.69 Å². The van der Waals surface area contributed by atoms with Crippen LogP contribution in [-0.4, -0.2) is 34.6 Å². The van der Waals surface area contributed by atoms with Crippen molar-refractivity contribution in [2.45, 2.75) is 0 Å². The molecule has 0 atom stereocenters. The van der Waals surface area contributed by atoms with E-state index in [2.05, 4.69) is 14.9 Å². The molecule has 1 aromatic heterocycles. The van der Waals surface area contributed by atoms with E-state index in [1.807, 2.05) is 48.2 Å². The molecule has 0 N–H and O–H groups in total. The molecule has 0 spiro atoms. The van der Waals surface area contributed by atoms with E-state index < -0.39 is 0 Å². The van der Waals surface area contributed by atoms with Crippen LogP contribution in [0.3, 0.4) is 0 Å². The van der Waals surface area contributed by atoms with Crippen LogP contribution in [0.2, 0.25) is 5.15 Å². The predicted octanol–water partition coefficient (Wildman–Crippen LogP) is 3.35. The Hall–Kier alpha value is -1.26. The minimum atomic E-state index is 0.502. The summed E-state index contributed by atoms with van der Waals surface area (Å²) in [6, 6.07) is 11.9. The van der Waals surface area contributed by atoms with Crippen LogP contribution in [0.15, 0.2) is 36.4 Å². The highest BCUT2D eigenvalue weighted by Crippen LogP contribution is 2.24. The molecule has 0 saturated carbocycles. The summed E-state index contributed by atoms with van der Waals surface area (Å²) in [6.45, 7) is 1.97. The second-order valence-corrected chi connectivity index (χ2v) is 5.95. The number of thioether (sulfide) groups is 1. The first kappa shape index (κ1) is 12.8. The molecule has 98 valence electrons. The monoisotopic (exact) mass is 291 g/mol. The average Bonchev–Trinajstić information content (AvgIpc) is 2.48. The molecular formula is C14H14ClN3S. The van der Waals surface area contributed by atoms with Crippen molar-refractivity contribution in [3.05, 3.63) is 41.6 Å². The van der Waals surface area contributed by atoms with Crippen molar-refractivity contribution < 1.29 is 0 Å². The summed E-state index contributed by atoms with van der Waals surface area (Å²) in [7, 11) is 0. The molecule has 3 rings (SSSR count). The molecule has 1 fully saturated rings. The first-order valence-electron chi connectivity index (χ1n) is 6.25. The minimum Gasteiger partial charge on any atom is -0.339 e. The Kier molecular flexibility index (Phi) is 3.89. The lowest BCUT2D eigenvalue weighted by atomic mass is 10.1. The molecule has 1 aromatic carbocycles. The van der Waals surface area contributed by atoms with Crippen molar-refractivity contribution in [1.29, 1.82) is 0 Å². The fourth-order valence-electron chi connectivity index (χ4n) is 2.07. The van der Waals surface area contributed by atoms with Gasteiger partial charge >= 0.3 is 0 Å². The van der Waals surface area contributed by atoms with Crippen LogP contribution in [0.25, 0.3) is 11.3 Å². The van der Waals surface area contributed by atoms with Crippen molar-refractivity contribution in [2.24, 2.45) is 0 Å². The molecule has 0 amide bonds.